The van der Waals surface area contributed by atoms with Crippen molar-refractivity contribution >= 4 is 22.6 Å². The van der Waals surface area contributed by atoms with Gasteiger partial charge in [0.05, 0.1) is 23.8 Å². The number of fused-ring (bicyclic) bond motifs is 1. The van der Waals surface area contributed by atoms with E-state index in [4.69, 9.17) is 4.74 Å². The number of anilines is 1. The fourth-order valence-corrected chi connectivity index (χ4v) is 4.05. The Morgan fingerprint density at radius 3 is 2.53 bits per heavy atom. The van der Waals surface area contributed by atoms with E-state index in [1.165, 1.54) is 0 Å². The standard InChI is InChI=1S/C23H26N4O3/c1-4-27-19-10-9-17(15-18(19)24-16(2)22(27)28)23(29)26-13-11-25(12-14-26)20-7-5-6-8-21(20)30-3/h5-10,15H,4,11-14H2,1-3H3. The van der Waals surface area contributed by atoms with Crippen LogP contribution in [0.25, 0.3) is 11.0 Å². The van der Waals surface area contributed by atoms with Crippen molar-refractivity contribution in [1.29, 1.82) is 0 Å². The number of piperazine rings is 1. The van der Waals surface area contributed by atoms with Gasteiger partial charge in [0, 0.05) is 38.3 Å². The van der Waals surface area contributed by atoms with Gasteiger partial charge in [-0.1, -0.05) is 12.1 Å². The lowest BCUT2D eigenvalue weighted by Gasteiger charge is -2.36. The van der Waals surface area contributed by atoms with Crippen LogP contribution in [0.1, 0.15) is 23.0 Å². The highest BCUT2D eigenvalue weighted by Crippen LogP contribution is 2.28. The number of carbonyl (C=O) groups excluding carboxylic acids is 1. The first-order chi connectivity index (χ1) is 14.5. The van der Waals surface area contributed by atoms with E-state index >= 15 is 0 Å². The van der Waals surface area contributed by atoms with Crippen LogP contribution in [0.5, 0.6) is 5.75 Å². The molecule has 1 saturated heterocycles. The number of carbonyl (C=O) groups is 1. The molecule has 0 N–H and O–H groups in total. The quantitative estimate of drug-likeness (QED) is 0.666. The monoisotopic (exact) mass is 406 g/mol. The van der Waals surface area contributed by atoms with Crippen LogP contribution in [-0.2, 0) is 6.54 Å². The minimum Gasteiger partial charge on any atom is -0.495 e. The predicted molar refractivity (Wildman–Crippen MR) is 118 cm³/mol. The molecule has 7 nitrogen and oxygen atoms in total. The highest BCUT2D eigenvalue weighted by Gasteiger charge is 2.24. The number of amides is 1. The highest BCUT2D eigenvalue weighted by atomic mass is 16.5. The molecule has 1 aliphatic heterocycles. The third-order valence-corrected chi connectivity index (χ3v) is 5.66. The van der Waals surface area contributed by atoms with E-state index < -0.39 is 0 Å². The van der Waals surface area contributed by atoms with E-state index in [9.17, 15) is 9.59 Å². The van der Waals surface area contributed by atoms with Crippen molar-refractivity contribution in [3.63, 3.8) is 0 Å². The molecule has 2 heterocycles. The largest absolute Gasteiger partial charge is 0.495 e. The molecule has 0 radical (unpaired) electrons. The Labute approximate surface area is 175 Å². The molecular formula is C23H26N4O3. The number of hydrogen-bond donors (Lipinski definition) is 0. The van der Waals surface area contributed by atoms with Gasteiger partial charge in [0.15, 0.2) is 0 Å². The molecule has 30 heavy (non-hydrogen) atoms. The van der Waals surface area contributed by atoms with E-state index in [-0.39, 0.29) is 11.5 Å². The summed E-state index contributed by atoms with van der Waals surface area (Å²) in [5.74, 6) is 0.834. The van der Waals surface area contributed by atoms with Gasteiger partial charge in [-0.2, -0.15) is 0 Å². The molecule has 3 aromatic rings. The number of aromatic nitrogens is 2. The van der Waals surface area contributed by atoms with Gasteiger partial charge in [0.1, 0.15) is 11.4 Å². The maximum Gasteiger partial charge on any atom is 0.272 e. The van der Waals surface area contributed by atoms with Crippen LogP contribution in [0.2, 0.25) is 0 Å². The van der Waals surface area contributed by atoms with Crippen LogP contribution < -0.4 is 15.2 Å². The summed E-state index contributed by atoms with van der Waals surface area (Å²) in [4.78, 5) is 33.9. The first-order valence-electron chi connectivity index (χ1n) is 10.2. The lowest BCUT2D eigenvalue weighted by molar-refractivity contribution is 0.0747. The predicted octanol–water partition coefficient (Wildman–Crippen LogP) is 2.70. The fraction of sp³-hybridized carbons (Fsp3) is 0.348. The van der Waals surface area contributed by atoms with Crippen molar-refractivity contribution in [2.45, 2.75) is 20.4 Å². The normalized spacial score (nSPS) is 14.2. The summed E-state index contributed by atoms with van der Waals surface area (Å²) >= 11 is 0. The molecule has 0 atom stereocenters. The number of benzene rings is 2. The molecule has 156 valence electrons. The van der Waals surface area contributed by atoms with Crippen molar-refractivity contribution in [3.05, 3.63) is 64.1 Å². The topological polar surface area (TPSA) is 67.7 Å². The summed E-state index contributed by atoms with van der Waals surface area (Å²) in [5, 5.41) is 0. The lowest BCUT2D eigenvalue weighted by atomic mass is 10.1. The van der Waals surface area contributed by atoms with Gasteiger partial charge in [-0.15, -0.1) is 0 Å². The first-order valence-corrected chi connectivity index (χ1v) is 10.2. The SMILES string of the molecule is CCn1c(=O)c(C)nc2cc(C(=O)N3CCN(c4ccccc4OC)CC3)ccc21. The van der Waals surface area contributed by atoms with Crippen molar-refractivity contribution < 1.29 is 9.53 Å². The third kappa shape index (κ3) is 3.51. The van der Waals surface area contributed by atoms with Crippen LogP contribution in [0.3, 0.4) is 0 Å². The number of methoxy groups -OCH3 is 1. The summed E-state index contributed by atoms with van der Waals surface area (Å²) < 4.78 is 7.16. The number of ether oxygens (including phenoxy) is 1. The minimum atomic E-state index is -0.0865. The maximum absolute atomic E-state index is 13.1. The van der Waals surface area contributed by atoms with Crippen molar-refractivity contribution in [1.82, 2.24) is 14.5 Å². The van der Waals surface area contributed by atoms with Gasteiger partial charge in [0.25, 0.3) is 11.5 Å². The summed E-state index contributed by atoms with van der Waals surface area (Å²) in [6.07, 6.45) is 0. The minimum absolute atomic E-state index is 0.00900. The second kappa shape index (κ2) is 8.18. The Balaban J connectivity index is 1.54. The summed E-state index contributed by atoms with van der Waals surface area (Å²) in [5.41, 5.74) is 3.44. The highest BCUT2D eigenvalue weighted by molar-refractivity contribution is 5.97. The van der Waals surface area contributed by atoms with Gasteiger partial charge in [-0.25, -0.2) is 4.98 Å². The van der Waals surface area contributed by atoms with E-state index in [0.717, 1.165) is 30.0 Å². The first kappa shape index (κ1) is 19.9. The van der Waals surface area contributed by atoms with Crippen LogP contribution in [0.4, 0.5) is 5.69 Å². The maximum atomic E-state index is 13.1. The molecule has 1 fully saturated rings. The Hall–Kier alpha value is -3.35. The molecule has 1 aliphatic rings. The van der Waals surface area contributed by atoms with E-state index in [0.29, 0.717) is 36.4 Å². The zero-order valence-corrected chi connectivity index (χ0v) is 17.6. The molecule has 7 heteroatoms. The van der Waals surface area contributed by atoms with Crippen molar-refractivity contribution in [2.75, 3.05) is 38.2 Å². The smallest absolute Gasteiger partial charge is 0.272 e. The number of rotatable bonds is 4. The summed E-state index contributed by atoms with van der Waals surface area (Å²) in [7, 11) is 1.67. The van der Waals surface area contributed by atoms with E-state index in [2.05, 4.69) is 9.88 Å². The second-order valence-electron chi connectivity index (χ2n) is 7.40. The van der Waals surface area contributed by atoms with Gasteiger partial charge in [-0.3, -0.25) is 9.59 Å². The van der Waals surface area contributed by atoms with Crippen LogP contribution in [0, 0.1) is 6.92 Å². The molecular weight excluding hydrogens is 380 g/mol. The molecule has 1 aromatic heterocycles. The lowest BCUT2D eigenvalue weighted by Crippen LogP contribution is -2.48. The molecule has 0 saturated carbocycles. The molecule has 1 amide bonds. The Morgan fingerprint density at radius 1 is 1.10 bits per heavy atom. The number of aryl methyl sites for hydroxylation is 2. The Bertz CT molecular complexity index is 1150. The molecule has 0 bridgehead atoms. The fourth-order valence-electron chi connectivity index (χ4n) is 4.05. The average Bonchev–Trinajstić information content (AvgIpc) is 2.79. The zero-order chi connectivity index (χ0) is 21.3. The van der Waals surface area contributed by atoms with Crippen LogP contribution in [-0.4, -0.2) is 53.6 Å². The van der Waals surface area contributed by atoms with Crippen molar-refractivity contribution in [3.8, 4) is 5.75 Å². The van der Waals surface area contributed by atoms with Crippen LogP contribution in [0.15, 0.2) is 47.3 Å². The molecule has 2 aromatic carbocycles. The Kier molecular flexibility index (Phi) is 5.44. The van der Waals surface area contributed by atoms with Gasteiger partial charge in [-0.05, 0) is 44.2 Å². The average molecular weight is 406 g/mol. The molecule has 4 rings (SSSR count). The Morgan fingerprint density at radius 2 is 1.83 bits per heavy atom. The van der Waals surface area contributed by atoms with Crippen LogP contribution >= 0.6 is 0 Å². The number of nitrogens with zero attached hydrogens (tertiary/aromatic N) is 4. The van der Waals surface area contributed by atoms with E-state index in [1.54, 1.807) is 30.7 Å². The van der Waals surface area contributed by atoms with E-state index in [1.807, 2.05) is 42.2 Å². The van der Waals surface area contributed by atoms with Gasteiger partial charge < -0.3 is 19.1 Å². The zero-order valence-electron chi connectivity index (χ0n) is 17.6. The molecule has 0 unspecified atom stereocenters. The molecule has 0 spiro atoms. The summed E-state index contributed by atoms with van der Waals surface area (Å²) in [6, 6.07) is 13.4. The summed E-state index contributed by atoms with van der Waals surface area (Å²) in [6.45, 7) is 6.96. The number of hydrogen-bond acceptors (Lipinski definition) is 5. The third-order valence-electron chi connectivity index (χ3n) is 5.66. The molecule has 0 aliphatic carbocycles. The van der Waals surface area contributed by atoms with Gasteiger partial charge >= 0.3 is 0 Å². The van der Waals surface area contributed by atoms with Crippen molar-refractivity contribution in [2.24, 2.45) is 0 Å². The number of para-hydroxylation sites is 2. The second-order valence-corrected chi connectivity index (χ2v) is 7.40. The van der Waals surface area contributed by atoms with Gasteiger partial charge in [0.2, 0.25) is 0 Å².